The minimum absolute atomic E-state index is 0.0120. The zero-order chi connectivity index (χ0) is 16.0. The second-order valence-electron chi connectivity index (χ2n) is 5.56. The molecule has 5 N–H and O–H groups in total. The van der Waals surface area contributed by atoms with Crippen LogP contribution in [0.5, 0.6) is 0 Å². The van der Waals surface area contributed by atoms with E-state index in [4.69, 9.17) is 10.8 Å². The lowest BCUT2D eigenvalue weighted by molar-refractivity contribution is -0.139. The first kappa shape index (κ1) is 17.2. The number of primary amides is 1. The number of carbonyl (C=O) groups is 3. The molecule has 0 aromatic carbocycles. The van der Waals surface area contributed by atoms with Crippen LogP contribution in [-0.2, 0) is 9.59 Å². The highest BCUT2D eigenvalue weighted by molar-refractivity contribution is 5.83. The molecule has 8 nitrogen and oxygen atoms in total. The predicted molar refractivity (Wildman–Crippen MR) is 76.6 cm³/mol. The van der Waals surface area contributed by atoms with Crippen molar-refractivity contribution in [2.45, 2.75) is 50.7 Å². The number of carbonyl (C=O) groups excluding carboxylic acids is 2. The van der Waals surface area contributed by atoms with E-state index in [1.807, 2.05) is 7.05 Å². The fourth-order valence-electron chi connectivity index (χ4n) is 2.35. The molecule has 0 aromatic heterocycles. The Morgan fingerprint density at radius 3 is 2.62 bits per heavy atom. The van der Waals surface area contributed by atoms with Crippen LogP contribution in [0.3, 0.4) is 0 Å². The number of nitrogens with zero attached hydrogens (tertiary/aromatic N) is 1. The molecule has 2 unspecified atom stereocenters. The third-order valence-electron chi connectivity index (χ3n) is 3.83. The third kappa shape index (κ3) is 5.99. The van der Waals surface area contributed by atoms with Crippen molar-refractivity contribution in [1.29, 1.82) is 0 Å². The van der Waals surface area contributed by atoms with Crippen LogP contribution in [-0.4, -0.2) is 59.6 Å². The molecule has 1 aliphatic rings. The van der Waals surface area contributed by atoms with Gasteiger partial charge in [-0.3, -0.25) is 4.79 Å². The number of carboxylic acid groups (broad SMARTS) is 1. The van der Waals surface area contributed by atoms with E-state index < -0.39 is 23.9 Å². The largest absolute Gasteiger partial charge is 0.480 e. The number of nitrogens with two attached hydrogens (primary N) is 1. The normalized spacial score (nSPS) is 24.1. The van der Waals surface area contributed by atoms with Gasteiger partial charge in [-0.05, 0) is 33.2 Å². The van der Waals surface area contributed by atoms with Crippen LogP contribution < -0.4 is 16.4 Å². The molecule has 1 aliphatic heterocycles. The number of hydrogen-bond donors (Lipinski definition) is 4. The quantitative estimate of drug-likeness (QED) is 0.525. The first-order chi connectivity index (χ1) is 9.79. The minimum atomic E-state index is -1.18. The molecule has 0 spiro atoms. The third-order valence-corrected chi connectivity index (χ3v) is 3.83. The fourth-order valence-corrected chi connectivity index (χ4v) is 2.35. The molecule has 1 fully saturated rings. The molecule has 0 bridgehead atoms. The maximum atomic E-state index is 11.8. The maximum Gasteiger partial charge on any atom is 0.326 e. The summed E-state index contributed by atoms with van der Waals surface area (Å²) in [6.45, 7) is 2.97. The molecule has 3 amide bonds. The summed E-state index contributed by atoms with van der Waals surface area (Å²) in [4.78, 5) is 35.8. The monoisotopic (exact) mass is 300 g/mol. The Morgan fingerprint density at radius 2 is 2.10 bits per heavy atom. The van der Waals surface area contributed by atoms with Gasteiger partial charge in [-0.1, -0.05) is 0 Å². The van der Waals surface area contributed by atoms with E-state index in [-0.39, 0.29) is 18.9 Å². The summed E-state index contributed by atoms with van der Waals surface area (Å²) in [7, 11) is 2.03. The Morgan fingerprint density at radius 1 is 1.43 bits per heavy atom. The van der Waals surface area contributed by atoms with Crippen LogP contribution in [0.1, 0.15) is 32.6 Å². The standard InChI is InChI=1S/C13H24N4O4/c1-8-7-9(5-6-17(8)2)15-13(21)16-10(12(19)20)3-4-11(14)18/h8-10H,3-7H2,1-2H3,(H2,14,18)(H,19,20)(H2,15,16,21)/t8?,9?,10-/m1/s1. The van der Waals surface area contributed by atoms with Crippen molar-refractivity contribution >= 4 is 17.9 Å². The van der Waals surface area contributed by atoms with Gasteiger partial charge >= 0.3 is 12.0 Å². The first-order valence-electron chi connectivity index (χ1n) is 7.08. The van der Waals surface area contributed by atoms with Gasteiger partial charge in [0.25, 0.3) is 0 Å². The van der Waals surface area contributed by atoms with Crippen LogP contribution >= 0.6 is 0 Å². The number of likely N-dealkylation sites (tertiary alicyclic amines) is 1. The molecular formula is C13H24N4O4. The van der Waals surface area contributed by atoms with Gasteiger partial charge in [0.1, 0.15) is 6.04 Å². The van der Waals surface area contributed by atoms with Gasteiger partial charge in [0.15, 0.2) is 0 Å². The van der Waals surface area contributed by atoms with Gasteiger partial charge in [0.05, 0.1) is 0 Å². The number of urea groups is 1. The van der Waals surface area contributed by atoms with E-state index in [0.29, 0.717) is 6.04 Å². The Kier molecular flexibility index (Phi) is 6.41. The van der Waals surface area contributed by atoms with Crippen LogP contribution in [0, 0.1) is 0 Å². The fraction of sp³-hybridized carbons (Fsp3) is 0.769. The van der Waals surface area contributed by atoms with E-state index in [2.05, 4.69) is 22.5 Å². The maximum absolute atomic E-state index is 11.8. The van der Waals surface area contributed by atoms with E-state index in [0.717, 1.165) is 19.4 Å². The summed E-state index contributed by atoms with van der Waals surface area (Å²) >= 11 is 0. The molecule has 0 saturated carbocycles. The molecular weight excluding hydrogens is 276 g/mol. The molecule has 120 valence electrons. The predicted octanol–water partition coefficient (Wildman–Crippen LogP) is -0.513. The summed E-state index contributed by atoms with van der Waals surface area (Å²) in [5.74, 6) is -1.77. The van der Waals surface area contributed by atoms with Crippen molar-refractivity contribution in [3.05, 3.63) is 0 Å². The summed E-state index contributed by atoms with van der Waals surface area (Å²) in [5.41, 5.74) is 4.98. The smallest absolute Gasteiger partial charge is 0.326 e. The number of amides is 3. The summed E-state index contributed by atoms with van der Waals surface area (Å²) in [6.07, 6.45) is 1.56. The van der Waals surface area contributed by atoms with Crippen LogP contribution in [0.25, 0.3) is 0 Å². The molecule has 1 heterocycles. The van der Waals surface area contributed by atoms with Crippen molar-refractivity contribution in [3.63, 3.8) is 0 Å². The Hall–Kier alpha value is -1.83. The number of piperidine rings is 1. The van der Waals surface area contributed by atoms with Gasteiger partial charge in [-0.15, -0.1) is 0 Å². The molecule has 21 heavy (non-hydrogen) atoms. The molecule has 1 rings (SSSR count). The Labute approximate surface area is 124 Å². The lowest BCUT2D eigenvalue weighted by Gasteiger charge is -2.35. The number of aliphatic carboxylic acids is 1. The second-order valence-corrected chi connectivity index (χ2v) is 5.56. The SMILES string of the molecule is CC1CC(NC(=O)N[C@H](CCC(N)=O)C(=O)O)CCN1C. The van der Waals surface area contributed by atoms with Crippen molar-refractivity contribution < 1.29 is 19.5 Å². The number of nitrogens with one attached hydrogen (secondary N) is 2. The van der Waals surface area contributed by atoms with Crippen molar-refractivity contribution in [1.82, 2.24) is 15.5 Å². The van der Waals surface area contributed by atoms with Gasteiger partial charge in [-0.25, -0.2) is 9.59 Å². The van der Waals surface area contributed by atoms with Crippen LogP contribution in [0.2, 0.25) is 0 Å². The molecule has 0 aromatic rings. The molecule has 0 radical (unpaired) electrons. The molecule has 3 atom stereocenters. The highest BCUT2D eigenvalue weighted by Crippen LogP contribution is 2.15. The van der Waals surface area contributed by atoms with Gasteiger partial charge < -0.3 is 26.4 Å². The van der Waals surface area contributed by atoms with Gasteiger partial charge in [0, 0.05) is 25.0 Å². The number of rotatable bonds is 6. The Balaban J connectivity index is 2.43. The molecule has 8 heteroatoms. The van der Waals surface area contributed by atoms with E-state index in [1.54, 1.807) is 0 Å². The summed E-state index contributed by atoms with van der Waals surface area (Å²) in [5, 5.41) is 14.2. The minimum Gasteiger partial charge on any atom is -0.480 e. The van der Waals surface area contributed by atoms with Crippen molar-refractivity contribution in [2.24, 2.45) is 5.73 Å². The molecule has 1 saturated heterocycles. The van der Waals surface area contributed by atoms with E-state index in [1.165, 1.54) is 0 Å². The number of carboxylic acids is 1. The van der Waals surface area contributed by atoms with Gasteiger partial charge in [0.2, 0.25) is 5.91 Å². The highest BCUT2D eigenvalue weighted by atomic mass is 16.4. The lowest BCUT2D eigenvalue weighted by Crippen LogP contribution is -2.53. The lowest BCUT2D eigenvalue weighted by atomic mass is 9.99. The van der Waals surface area contributed by atoms with Crippen LogP contribution in [0.15, 0.2) is 0 Å². The summed E-state index contributed by atoms with van der Waals surface area (Å²) < 4.78 is 0. The Bertz CT molecular complexity index is 402. The highest BCUT2D eigenvalue weighted by Gasteiger charge is 2.26. The summed E-state index contributed by atoms with van der Waals surface area (Å²) in [6, 6.07) is -1.23. The second kappa shape index (κ2) is 7.82. The zero-order valence-electron chi connectivity index (χ0n) is 12.5. The zero-order valence-corrected chi connectivity index (χ0v) is 12.5. The van der Waals surface area contributed by atoms with E-state index >= 15 is 0 Å². The van der Waals surface area contributed by atoms with Crippen LogP contribution in [0.4, 0.5) is 4.79 Å². The topological polar surface area (TPSA) is 125 Å². The van der Waals surface area contributed by atoms with Gasteiger partial charge in [-0.2, -0.15) is 0 Å². The van der Waals surface area contributed by atoms with Crippen molar-refractivity contribution in [2.75, 3.05) is 13.6 Å². The first-order valence-corrected chi connectivity index (χ1v) is 7.08. The average molecular weight is 300 g/mol. The van der Waals surface area contributed by atoms with Crippen molar-refractivity contribution in [3.8, 4) is 0 Å². The van der Waals surface area contributed by atoms with E-state index in [9.17, 15) is 14.4 Å². The molecule has 0 aliphatic carbocycles. The number of hydrogen-bond acceptors (Lipinski definition) is 4. The average Bonchev–Trinajstić information content (AvgIpc) is 2.38.